The Morgan fingerprint density at radius 1 is 1.29 bits per heavy atom. The van der Waals surface area contributed by atoms with E-state index in [9.17, 15) is 13.2 Å². The topological polar surface area (TPSA) is 9.23 Å². The molecule has 1 aromatic rings. The Hall–Kier alpha value is -0.810. The van der Waals surface area contributed by atoms with Crippen molar-refractivity contribution >= 4 is 28.9 Å². The summed E-state index contributed by atoms with van der Waals surface area (Å²) in [4.78, 5) is 0. The third kappa shape index (κ3) is 2.59. The fourth-order valence-electron chi connectivity index (χ4n) is 0.750. The van der Waals surface area contributed by atoms with E-state index >= 15 is 0 Å². The minimum Gasteiger partial charge on any atom is -0.449 e. The minimum absolute atomic E-state index is 0.0444. The Balaban J connectivity index is 2.95. The molecule has 0 radical (unpaired) electrons. The average molecular weight is 241 g/mol. The average Bonchev–Trinajstić information content (AvgIpc) is 2.14. The van der Waals surface area contributed by atoms with Crippen molar-refractivity contribution in [2.24, 2.45) is 0 Å². The van der Waals surface area contributed by atoms with Gasteiger partial charge in [-0.05, 0) is 12.2 Å². The van der Waals surface area contributed by atoms with Gasteiger partial charge in [-0.2, -0.15) is 0 Å². The third-order valence-electron chi connectivity index (χ3n) is 1.30. The van der Waals surface area contributed by atoms with Gasteiger partial charge >= 0.3 is 0 Å². The van der Waals surface area contributed by atoms with Crippen molar-refractivity contribution in [3.05, 3.63) is 29.6 Å². The molecule has 0 aliphatic heterocycles. The highest BCUT2D eigenvalue weighted by molar-refractivity contribution is 7.80. The summed E-state index contributed by atoms with van der Waals surface area (Å²) in [7, 11) is 0. The number of ether oxygens (including phenoxy) is 1. The molecule has 76 valence electrons. The van der Waals surface area contributed by atoms with Gasteiger partial charge in [-0.25, -0.2) is 13.2 Å². The van der Waals surface area contributed by atoms with E-state index in [1.165, 1.54) is 0 Å². The van der Waals surface area contributed by atoms with Gasteiger partial charge in [0.25, 0.3) is 0 Å². The molecule has 6 heteroatoms. The van der Waals surface area contributed by atoms with Crippen LogP contribution in [-0.4, -0.2) is 10.9 Å². The molecular weight excluding hydrogens is 237 g/mol. The quantitative estimate of drug-likeness (QED) is 0.446. The molecule has 0 aromatic heterocycles. The summed E-state index contributed by atoms with van der Waals surface area (Å²) in [5.41, 5.74) is 0. The highest BCUT2D eigenvalue weighted by Crippen LogP contribution is 2.19. The maximum atomic E-state index is 12.6. The Labute approximate surface area is 88.4 Å². The molecule has 1 rings (SSSR count). The van der Waals surface area contributed by atoms with Crippen LogP contribution >= 0.6 is 23.8 Å². The van der Waals surface area contributed by atoms with Crippen LogP contribution in [0.3, 0.4) is 0 Å². The second-order valence-electron chi connectivity index (χ2n) is 2.31. The summed E-state index contributed by atoms with van der Waals surface area (Å²) in [5.74, 6) is -4.52. The molecule has 0 heterocycles. The van der Waals surface area contributed by atoms with Crippen molar-refractivity contribution in [2.45, 2.75) is 0 Å². The first-order valence-electron chi connectivity index (χ1n) is 3.45. The van der Waals surface area contributed by atoms with Gasteiger partial charge in [-0.3, -0.25) is 0 Å². The highest BCUT2D eigenvalue weighted by atomic mass is 35.5. The van der Waals surface area contributed by atoms with Crippen molar-refractivity contribution in [1.29, 1.82) is 0 Å². The van der Waals surface area contributed by atoms with Crippen molar-refractivity contribution in [3.63, 3.8) is 0 Å². The minimum atomic E-state index is -1.55. The van der Waals surface area contributed by atoms with Crippen LogP contribution < -0.4 is 4.74 Å². The molecule has 0 N–H and O–H groups in total. The lowest BCUT2D eigenvalue weighted by Gasteiger charge is -2.04. The van der Waals surface area contributed by atoms with Crippen LogP contribution in [0.15, 0.2) is 12.1 Å². The normalized spacial score (nSPS) is 10.0. The molecule has 1 nitrogen and oxygen atoms in total. The molecule has 0 saturated heterocycles. The van der Waals surface area contributed by atoms with Crippen LogP contribution in [0.2, 0.25) is 0 Å². The first-order chi connectivity index (χ1) is 6.54. The van der Waals surface area contributed by atoms with Gasteiger partial charge in [-0.15, -0.1) is 11.6 Å². The van der Waals surface area contributed by atoms with E-state index in [0.29, 0.717) is 12.1 Å². The van der Waals surface area contributed by atoms with E-state index in [0.717, 1.165) is 0 Å². The van der Waals surface area contributed by atoms with Gasteiger partial charge in [0.15, 0.2) is 22.5 Å². The van der Waals surface area contributed by atoms with E-state index in [1.54, 1.807) is 0 Å². The number of thiocarbonyl (C=S) groups is 1. The molecule has 0 unspecified atom stereocenters. The standard InChI is InChI=1S/C8H4ClF3OS/c9-3-7(14)13-4-1-5(10)8(12)6(11)2-4/h1-2H,3H2. The zero-order valence-electron chi connectivity index (χ0n) is 6.69. The van der Waals surface area contributed by atoms with Gasteiger partial charge in [0.1, 0.15) is 5.75 Å². The fourth-order valence-corrected chi connectivity index (χ4v) is 0.901. The van der Waals surface area contributed by atoms with Crippen molar-refractivity contribution < 1.29 is 17.9 Å². The molecule has 0 aliphatic carbocycles. The number of rotatable bonds is 2. The lowest BCUT2D eigenvalue weighted by atomic mass is 10.3. The number of halogens is 4. The molecule has 0 atom stereocenters. The van der Waals surface area contributed by atoms with Crippen molar-refractivity contribution in [1.82, 2.24) is 0 Å². The Morgan fingerprint density at radius 3 is 2.21 bits per heavy atom. The lowest BCUT2D eigenvalue weighted by molar-refractivity contribution is 0.436. The Morgan fingerprint density at radius 2 is 1.79 bits per heavy atom. The van der Waals surface area contributed by atoms with Gasteiger partial charge in [0.2, 0.25) is 0 Å². The van der Waals surface area contributed by atoms with Crippen LogP contribution in [0.5, 0.6) is 5.75 Å². The molecule has 1 aromatic carbocycles. The van der Waals surface area contributed by atoms with Crippen molar-refractivity contribution in [3.8, 4) is 5.75 Å². The van der Waals surface area contributed by atoms with E-state index < -0.39 is 17.5 Å². The van der Waals surface area contributed by atoms with Crippen LogP contribution in [0.1, 0.15) is 0 Å². The molecule has 0 bridgehead atoms. The first-order valence-corrected chi connectivity index (χ1v) is 4.40. The maximum absolute atomic E-state index is 12.6. The molecule has 0 spiro atoms. The van der Waals surface area contributed by atoms with Crippen LogP contribution in [0, 0.1) is 17.5 Å². The van der Waals surface area contributed by atoms with Crippen molar-refractivity contribution in [2.75, 3.05) is 5.88 Å². The molecule has 0 saturated carbocycles. The second-order valence-corrected chi connectivity index (χ2v) is 3.03. The summed E-state index contributed by atoms with van der Waals surface area (Å²) in [6.07, 6.45) is 0. The summed E-state index contributed by atoms with van der Waals surface area (Å²) < 4.78 is 42.4. The zero-order chi connectivity index (χ0) is 10.7. The predicted molar refractivity (Wildman–Crippen MR) is 50.3 cm³/mol. The summed E-state index contributed by atoms with van der Waals surface area (Å²) in [6.45, 7) is 0. The summed E-state index contributed by atoms with van der Waals surface area (Å²) >= 11 is 9.85. The van der Waals surface area contributed by atoms with E-state index in [2.05, 4.69) is 12.2 Å². The van der Waals surface area contributed by atoms with Gasteiger partial charge in [0, 0.05) is 12.1 Å². The monoisotopic (exact) mass is 240 g/mol. The van der Waals surface area contributed by atoms with Crippen LogP contribution in [0.4, 0.5) is 13.2 Å². The highest BCUT2D eigenvalue weighted by Gasteiger charge is 2.11. The molecule has 0 amide bonds. The second kappa shape index (κ2) is 4.61. The summed E-state index contributed by atoms with van der Waals surface area (Å²) in [5, 5.41) is -0.0444. The SMILES string of the molecule is Fc1cc(OC(=S)CCl)cc(F)c1F. The zero-order valence-corrected chi connectivity index (χ0v) is 8.26. The number of hydrogen-bond donors (Lipinski definition) is 0. The van der Waals surface area contributed by atoms with E-state index in [-0.39, 0.29) is 16.7 Å². The largest absolute Gasteiger partial charge is 0.449 e. The smallest absolute Gasteiger partial charge is 0.194 e. The lowest BCUT2D eigenvalue weighted by Crippen LogP contribution is -2.07. The Kier molecular flexibility index (Phi) is 3.71. The third-order valence-corrected chi connectivity index (χ3v) is 1.93. The molecule has 0 aliphatic rings. The van der Waals surface area contributed by atoms with E-state index in [1.807, 2.05) is 0 Å². The number of alkyl halides is 1. The van der Waals surface area contributed by atoms with Crippen LogP contribution in [0.25, 0.3) is 0 Å². The van der Waals surface area contributed by atoms with Gasteiger partial charge < -0.3 is 4.74 Å². The molecule has 0 fully saturated rings. The Bertz CT molecular complexity index is 347. The van der Waals surface area contributed by atoms with Crippen LogP contribution in [-0.2, 0) is 0 Å². The maximum Gasteiger partial charge on any atom is 0.194 e. The first kappa shape index (κ1) is 11.3. The number of hydrogen-bond acceptors (Lipinski definition) is 2. The van der Waals surface area contributed by atoms with Gasteiger partial charge in [-0.1, -0.05) is 0 Å². The molecule has 14 heavy (non-hydrogen) atoms. The van der Waals surface area contributed by atoms with Gasteiger partial charge in [0.05, 0.1) is 5.88 Å². The predicted octanol–water partition coefficient (Wildman–Crippen LogP) is 3.05. The summed E-state index contributed by atoms with van der Waals surface area (Å²) in [6, 6.07) is 1.38. The molecular formula is C8H4ClF3OS. The number of benzene rings is 1. The fraction of sp³-hybridized carbons (Fsp3) is 0.125. The van der Waals surface area contributed by atoms with E-state index in [4.69, 9.17) is 16.3 Å².